The average Bonchev–Trinajstić information content (AvgIpc) is 2.27. The molecule has 17 heavy (non-hydrogen) atoms. The second-order valence-electron chi connectivity index (χ2n) is 4.78. The lowest BCUT2D eigenvalue weighted by Crippen LogP contribution is -2.38. The molecule has 0 unspecified atom stereocenters. The highest BCUT2D eigenvalue weighted by molar-refractivity contribution is 5.76. The number of carboxylic acids is 1. The van der Waals surface area contributed by atoms with E-state index in [9.17, 15) is 9.59 Å². The van der Waals surface area contributed by atoms with Crippen LogP contribution in [0.25, 0.3) is 0 Å². The molecule has 1 rings (SSSR count). The fraction of sp³-hybridized carbons (Fsp3) is 0.833. The molecule has 0 saturated heterocycles. The molecule has 1 amide bonds. The van der Waals surface area contributed by atoms with Crippen LogP contribution in [0.2, 0.25) is 0 Å². The molecule has 2 N–H and O–H groups in total. The van der Waals surface area contributed by atoms with Gasteiger partial charge >= 0.3 is 5.97 Å². The summed E-state index contributed by atoms with van der Waals surface area (Å²) < 4.78 is 0. The lowest BCUT2D eigenvalue weighted by molar-refractivity contribution is -0.138. The van der Waals surface area contributed by atoms with Gasteiger partial charge in [-0.05, 0) is 19.9 Å². The number of hydrogen-bond donors (Lipinski definition) is 2. The molecule has 5 heteroatoms. The van der Waals surface area contributed by atoms with Gasteiger partial charge in [-0.25, -0.2) is 0 Å². The Morgan fingerprint density at radius 2 is 1.94 bits per heavy atom. The van der Waals surface area contributed by atoms with Crippen LogP contribution in [0.3, 0.4) is 0 Å². The van der Waals surface area contributed by atoms with E-state index in [1.807, 2.05) is 0 Å². The molecule has 0 aromatic heterocycles. The molecule has 0 atom stereocenters. The minimum atomic E-state index is -0.861. The fourth-order valence-corrected chi connectivity index (χ4v) is 2.15. The number of carboxylic acid groups (broad SMARTS) is 1. The highest BCUT2D eigenvalue weighted by atomic mass is 16.4. The summed E-state index contributed by atoms with van der Waals surface area (Å²) in [7, 11) is 1.71. The lowest BCUT2D eigenvalue weighted by Gasteiger charge is -2.23. The van der Waals surface area contributed by atoms with Gasteiger partial charge in [-0.3, -0.25) is 14.5 Å². The maximum Gasteiger partial charge on any atom is 0.317 e. The highest BCUT2D eigenvalue weighted by Crippen LogP contribution is 2.17. The second-order valence-corrected chi connectivity index (χ2v) is 4.78. The predicted molar refractivity (Wildman–Crippen MR) is 64.8 cm³/mol. The Kier molecular flexibility index (Phi) is 5.97. The van der Waals surface area contributed by atoms with Crippen molar-refractivity contribution in [1.29, 1.82) is 0 Å². The van der Waals surface area contributed by atoms with Gasteiger partial charge in [-0.2, -0.15) is 0 Å². The number of carbonyl (C=O) groups excluding carboxylic acids is 1. The highest BCUT2D eigenvalue weighted by Gasteiger charge is 2.15. The van der Waals surface area contributed by atoms with Gasteiger partial charge in [-0.15, -0.1) is 0 Å². The average molecular weight is 242 g/mol. The zero-order chi connectivity index (χ0) is 12.7. The number of nitrogens with one attached hydrogen (secondary N) is 1. The maximum atomic E-state index is 11.6. The Morgan fingerprint density at radius 1 is 1.29 bits per heavy atom. The Bertz CT molecular complexity index is 262. The van der Waals surface area contributed by atoms with Gasteiger partial charge in [0.25, 0.3) is 0 Å². The van der Waals surface area contributed by atoms with E-state index < -0.39 is 5.97 Å². The summed E-state index contributed by atoms with van der Waals surface area (Å²) in [5.74, 6) is -0.825. The van der Waals surface area contributed by atoms with Gasteiger partial charge in [0.2, 0.25) is 5.91 Å². The summed E-state index contributed by atoms with van der Waals surface area (Å²) in [6, 6.07) is 0.334. The predicted octanol–water partition coefficient (Wildman–Crippen LogP) is 0.842. The second kappa shape index (κ2) is 7.27. The maximum absolute atomic E-state index is 11.6. The molecule has 1 aliphatic carbocycles. The van der Waals surface area contributed by atoms with E-state index in [1.165, 1.54) is 19.3 Å². The van der Waals surface area contributed by atoms with Crippen LogP contribution in [0.5, 0.6) is 0 Å². The first-order valence-electron chi connectivity index (χ1n) is 6.27. The number of carbonyl (C=O) groups is 2. The molecule has 0 bridgehead atoms. The van der Waals surface area contributed by atoms with Gasteiger partial charge in [0.1, 0.15) is 0 Å². The first-order chi connectivity index (χ1) is 8.08. The quantitative estimate of drug-likeness (QED) is 0.724. The zero-order valence-electron chi connectivity index (χ0n) is 10.4. The van der Waals surface area contributed by atoms with Crippen molar-refractivity contribution >= 4 is 11.9 Å². The molecule has 1 saturated carbocycles. The first kappa shape index (κ1) is 14.0. The molecule has 0 aliphatic heterocycles. The van der Waals surface area contributed by atoms with Crippen molar-refractivity contribution in [3.8, 4) is 0 Å². The van der Waals surface area contributed by atoms with Crippen LogP contribution in [0.1, 0.15) is 38.5 Å². The topological polar surface area (TPSA) is 69.6 Å². The third-order valence-corrected chi connectivity index (χ3v) is 3.10. The molecular formula is C12H22N2O3. The van der Waals surface area contributed by atoms with Crippen molar-refractivity contribution < 1.29 is 14.7 Å². The van der Waals surface area contributed by atoms with Crippen molar-refractivity contribution in [1.82, 2.24) is 10.2 Å². The van der Waals surface area contributed by atoms with Gasteiger partial charge in [0.15, 0.2) is 0 Å². The van der Waals surface area contributed by atoms with Crippen LogP contribution >= 0.6 is 0 Å². The number of hydrogen-bond acceptors (Lipinski definition) is 3. The third-order valence-electron chi connectivity index (χ3n) is 3.10. The summed E-state index contributed by atoms with van der Waals surface area (Å²) >= 11 is 0. The Labute approximate surface area is 102 Å². The minimum absolute atomic E-state index is 0.0172. The summed E-state index contributed by atoms with van der Waals surface area (Å²) in [5, 5.41) is 11.6. The molecule has 0 radical (unpaired) electrons. The van der Waals surface area contributed by atoms with E-state index in [0.29, 0.717) is 19.0 Å². The third kappa shape index (κ3) is 6.26. The Morgan fingerprint density at radius 3 is 2.53 bits per heavy atom. The molecule has 0 heterocycles. The van der Waals surface area contributed by atoms with E-state index >= 15 is 0 Å². The first-order valence-corrected chi connectivity index (χ1v) is 6.27. The van der Waals surface area contributed by atoms with Gasteiger partial charge in [0.05, 0.1) is 6.54 Å². The molecule has 0 aromatic rings. The molecular weight excluding hydrogens is 220 g/mol. The SMILES string of the molecule is CN(CCC(=O)NC1CCCCC1)CC(=O)O. The van der Waals surface area contributed by atoms with E-state index in [4.69, 9.17) is 5.11 Å². The van der Waals surface area contributed by atoms with E-state index in [2.05, 4.69) is 5.32 Å². The van der Waals surface area contributed by atoms with Crippen molar-refractivity contribution in [3.05, 3.63) is 0 Å². The summed E-state index contributed by atoms with van der Waals surface area (Å²) in [6.45, 7) is 0.474. The molecule has 98 valence electrons. The molecule has 0 aromatic carbocycles. The largest absolute Gasteiger partial charge is 0.480 e. The van der Waals surface area contributed by atoms with Crippen LogP contribution < -0.4 is 5.32 Å². The van der Waals surface area contributed by atoms with Crippen LogP contribution in [-0.2, 0) is 9.59 Å². The molecule has 0 spiro atoms. The number of aliphatic carboxylic acids is 1. The van der Waals surface area contributed by atoms with Crippen molar-refractivity contribution in [3.63, 3.8) is 0 Å². The number of likely N-dealkylation sites (N-methyl/N-ethyl adjacent to an activating group) is 1. The summed E-state index contributed by atoms with van der Waals surface area (Å²) in [6.07, 6.45) is 6.20. The summed E-state index contributed by atoms with van der Waals surface area (Å²) in [4.78, 5) is 23.7. The van der Waals surface area contributed by atoms with Crippen molar-refractivity contribution in [2.45, 2.75) is 44.6 Å². The van der Waals surface area contributed by atoms with Crippen LogP contribution in [-0.4, -0.2) is 48.1 Å². The van der Waals surface area contributed by atoms with Crippen molar-refractivity contribution in [2.24, 2.45) is 0 Å². The number of rotatable bonds is 6. The van der Waals surface area contributed by atoms with Crippen molar-refractivity contribution in [2.75, 3.05) is 20.1 Å². The fourth-order valence-electron chi connectivity index (χ4n) is 2.15. The van der Waals surface area contributed by atoms with E-state index in [1.54, 1.807) is 11.9 Å². The molecule has 1 aliphatic rings. The lowest BCUT2D eigenvalue weighted by atomic mass is 9.95. The van der Waals surface area contributed by atoms with Crippen LogP contribution in [0.4, 0.5) is 0 Å². The monoisotopic (exact) mass is 242 g/mol. The molecule has 5 nitrogen and oxygen atoms in total. The normalized spacial score (nSPS) is 17.1. The van der Waals surface area contributed by atoms with Gasteiger partial charge in [0, 0.05) is 19.0 Å². The Balaban J connectivity index is 2.13. The van der Waals surface area contributed by atoms with E-state index in [0.717, 1.165) is 12.8 Å². The smallest absolute Gasteiger partial charge is 0.317 e. The van der Waals surface area contributed by atoms with Gasteiger partial charge in [-0.1, -0.05) is 19.3 Å². The van der Waals surface area contributed by atoms with Crippen LogP contribution in [0.15, 0.2) is 0 Å². The van der Waals surface area contributed by atoms with Gasteiger partial charge < -0.3 is 10.4 Å². The molecule has 1 fully saturated rings. The summed E-state index contributed by atoms with van der Waals surface area (Å²) in [5.41, 5.74) is 0. The Hall–Kier alpha value is -1.10. The minimum Gasteiger partial charge on any atom is -0.480 e. The van der Waals surface area contributed by atoms with Crippen LogP contribution in [0, 0.1) is 0 Å². The van der Waals surface area contributed by atoms with E-state index in [-0.39, 0.29) is 12.5 Å². The number of amides is 1. The number of nitrogens with zero attached hydrogens (tertiary/aromatic N) is 1. The zero-order valence-corrected chi connectivity index (χ0v) is 10.4. The standard InChI is InChI=1S/C12H22N2O3/c1-14(9-12(16)17)8-7-11(15)13-10-5-3-2-4-6-10/h10H,2-9H2,1H3,(H,13,15)(H,16,17).